The first-order valence-electron chi connectivity index (χ1n) is 5.58. The number of amides is 1. The smallest absolute Gasteiger partial charge is 0.289 e. The minimum absolute atomic E-state index is 0.229. The zero-order valence-electron chi connectivity index (χ0n) is 9.66. The first-order valence-corrected chi connectivity index (χ1v) is 5.98. The van der Waals surface area contributed by atoms with Crippen LogP contribution in [0.2, 0.25) is 0 Å². The van der Waals surface area contributed by atoms with E-state index in [2.05, 4.69) is 10.3 Å². The maximum Gasteiger partial charge on any atom is 0.289 e. The molecule has 0 unspecified atom stereocenters. The van der Waals surface area contributed by atoms with Gasteiger partial charge in [0.1, 0.15) is 0 Å². The molecule has 0 bridgehead atoms. The van der Waals surface area contributed by atoms with Gasteiger partial charge in [-0.25, -0.2) is 4.98 Å². The summed E-state index contributed by atoms with van der Waals surface area (Å²) < 4.78 is 5.05. The largest absolute Gasteiger partial charge is 0.438 e. The molecule has 1 fully saturated rings. The van der Waals surface area contributed by atoms with Crippen LogP contribution in [0.15, 0.2) is 10.8 Å². The van der Waals surface area contributed by atoms with Gasteiger partial charge in [0.2, 0.25) is 5.76 Å². The Kier molecular flexibility index (Phi) is 3.15. The van der Waals surface area contributed by atoms with E-state index < -0.39 is 5.54 Å². The fourth-order valence-electron chi connectivity index (χ4n) is 2.21. The Morgan fingerprint density at radius 1 is 1.59 bits per heavy atom. The Morgan fingerprint density at radius 3 is 2.71 bits per heavy atom. The first-order chi connectivity index (χ1) is 8.05. The monoisotopic (exact) mass is 253 g/mol. The Bertz CT molecular complexity index is 449. The fraction of sp³-hybridized carbons (Fsp3) is 0.545. The second-order valence-corrected chi connectivity index (χ2v) is 4.81. The molecule has 2 rings (SSSR count). The Balaban J connectivity index is 2.17. The molecule has 1 aliphatic rings. The van der Waals surface area contributed by atoms with Crippen LogP contribution in [-0.4, -0.2) is 21.4 Å². The third kappa shape index (κ3) is 2.17. The van der Waals surface area contributed by atoms with E-state index in [1.165, 1.54) is 6.39 Å². The number of aryl methyl sites for hydroxylation is 1. The summed E-state index contributed by atoms with van der Waals surface area (Å²) in [6.07, 6.45) is 4.88. The number of thiocarbonyl (C=S) groups is 1. The van der Waals surface area contributed by atoms with Crippen LogP contribution < -0.4 is 11.1 Å². The van der Waals surface area contributed by atoms with Crippen LogP contribution in [0.3, 0.4) is 0 Å². The van der Waals surface area contributed by atoms with E-state index >= 15 is 0 Å². The minimum atomic E-state index is -0.550. The molecule has 5 nitrogen and oxygen atoms in total. The predicted molar refractivity (Wildman–Crippen MR) is 66.7 cm³/mol. The number of carbonyl (C=O) groups is 1. The van der Waals surface area contributed by atoms with Crippen molar-refractivity contribution in [3.8, 4) is 0 Å². The van der Waals surface area contributed by atoms with Crippen molar-refractivity contribution in [1.82, 2.24) is 10.3 Å². The highest BCUT2D eigenvalue weighted by Gasteiger charge is 2.39. The summed E-state index contributed by atoms with van der Waals surface area (Å²) in [6, 6.07) is 0. The Labute approximate surface area is 105 Å². The van der Waals surface area contributed by atoms with E-state index in [1.54, 1.807) is 6.92 Å². The molecule has 0 radical (unpaired) electrons. The Morgan fingerprint density at radius 2 is 2.24 bits per heavy atom. The van der Waals surface area contributed by atoms with Crippen LogP contribution >= 0.6 is 12.2 Å². The summed E-state index contributed by atoms with van der Waals surface area (Å²) in [5.74, 6) is -0.0674. The number of aromatic nitrogens is 1. The highest BCUT2D eigenvalue weighted by Crippen LogP contribution is 2.30. The zero-order chi connectivity index (χ0) is 12.5. The van der Waals surface area contributed by atoms with Crippen molar-refractivity contribution in [3.63, 3.8) is 0 Å². The molecule has 0 atom stereocenters. The van der Waals surface area contributed by atoms with Gasteiger partial charge >= 0.3 is 0 Å². The summed E-state index contributed by atoms with van der Waals surface area (Å²) in [5.41, 5.74) is 5.76. The van der Waals surface area contributed by atoms with Crippen LogP contribution in [-0.2, 0) is 0 Å². The van der Waals surface area contributed by atoms with Crippen molar-refractivity contribution >= 4 is 23.1 Å². The molecular formula is C11H15N3O2S. The van der Waals surface area contributed by atoms with E-state index in [1.807, 2.05) is 0 Å². The normalized spacial score (nSPS) is 17.9. The molecule has 0 spiro atoms. The van der Waals surface area contributed by atoms with Gasteiger partial charge in [-0.15, -0.1) is 0 Å². The van der Waals surface area contributed by atoms with E-state index in [9.17, 15) is 4.79 Å². The molecule has 1 aliphatic carbocycles. The predicted octanol–water partition coefficient (Wildman–Crippen LogP) is 1.31. The van der Waals surface area contributed by atoms with Gasteiger partial charge in [-0.05, 0) is 19.8 Å². The molecule has 1 saturated carbocycles. The lowest BCUT2D eigenvalue weighted by atomic mass is 9.97. The summed E-state index contributed by atoms with van der Waals surface area (Å²) in [6.45, 7) is 1.72. The number of carbonyl (C=O) groups excluding carboxylic acids is 1. The van der Waals surface area contributed by atoms with Gasteiger partial charge in [-0.3, -0.25) is 4.79 Å². The van der Waals surface area contributed by atoms with Gasteiger partial charge in [0, 0.05) is 0 Å². The molecule has 0 aliphatic heterocycles. The van der Waals surface area contributed by atoms with E-state index in [0.29, 0.717) is 10.7 Å². The number of nitrogens with zero attached hydrogens (tertiary/aromatic N) is 1. The quantitative estimate of drug-likeness (QED) is 0.794. The van der Waals surface area contributed by atoms with Crippen LogP contribution in [0, 0.1) is 6.92 Å². The highest BCUT2D eigenvalue weighted by atomic mass is 32.1. The molecule has 6 heteroatoms. The van der Waals surface area contributed by atoms with Crippen molar-refractivity contribution in [3.05, 3.63) is 17.8 Å². The van der Waals surface area contributed by atoms with Crippen molar-refractivity contribution in [2.45, 2.75) is 38.1 Å². The van der Waals surface area contributed by atoms with Gasteiger partial charge in [-0.1, -0.05) is 25.1 Å². The third-order valence-corrected chi connectivity index (χ3v) is 3.62. The number of oxazole rings is 1. The van der Waals surface area contributed by atoms with E-state index in [-0.39, 0.29) is 11.7 Å². The van der Waals surface area contributed by atoms with Gasteiger partial charge in [-0.2, -0.15) is 0 Å². The van der Waals surface area contributed by atoms with Gasteiger partial charge in [0.15, 0.2) is 6.39 Å². The van der Waals surface area contributed by atoms with E-state index in [4.69, 9.17) is 22.4 Å². The lowest BCUT2D eigenvalue weighted by Crippen LogP contribution is -2.54. The summed E-state index contributed by atoms with van der Waals surface area (Å²) in [4.78, 5) is 16.3. The average molecular weight is 253 g/mol. The second kappa shape index (κ2) is 4.44. The molecule has 1 aromatic heterocycles. The lowest BCUT2D eigenvalue weighted by molar-refractivity contribution is 0.0895. The molecule has 0 saturated heterocycles. The fourth-order valence-corrected chi connectivity index (χ4v) is 2.46. The van der Waals surface area contributed by atoms with Crippen LogP contribution in [0.25, 0.3) is 0 Å². The second-order valence-electron chi connectivity index (χ2n) is 4.37. The van der Waals surface area contributed by atoms with Gasteiger partial charge < -0.3 is 15.5 Å². The van der Waals surface area contributed by atoms with Gasteiger partial charge in [0.05, 0.1) is 16.2 Å². The summed E-state index contributed by atoms with van der Waals surface area (Å²) in [5, 5.41) is 2.90. The molecule has 1 amide bonds. The molecule has 3 N–H and O–H groups in total. The maximum absolute atomic E-state index is 12.0. The van der Waals surface area contributed by atoms with Crippen LogP contribution in [0.5, 0.6) is 0 Å². The number of rotatable bonds is 3. The first kappa shape index (κ1) is 12.0. The lowest BCUT2D eigenvalue weighted by Gasteiger charge is -2.28. The number of hydrogen-bond acceptors (Lipinski definition) is 4. The SMILES string of the molecule is Cc1ncoc1C(=O)NC1(C(N)=S)CCCC1. The topological polar surface area (TPSA) is 81.2 Å². The molecular weight excluding hydrogens is 238 g/mol. The number of hydrogen-bond donors (Lipinski definition) is 2. The molecule has 17 heavy (non-hydrogen) atoms. The molecule has 1 heterocycles. The zero-order valence-corrected chi connectivity index (χ0v) is 10.5. The maximum atomic E-state index is 12.0. The van der Waals surface area contributed by atoms with Crippen LogP contribution in [0.1, 0.15) is 41.9 Å². The summed E-state index contributed by atoms with van der Waals surface area (Å²) >= 11 is 5.06. The number of nitrogens with two attached hydrogens (primary N) is 1. The molecule has 1 aromatic rings. The van der Waals surface area contributed by atoms with Crippen molar-refractivity contribution in [2.24, 2.45) is 5.73 Å². The Hall–Kier alpha value is -1.43. The van der Waals surface area contributed by atoms with Crippen molar-refractivity contribution in [2.75, 3.05) is 0 Å². The summed E-state index contributed by atoms with van der Waals surface area (Å²) in [7, 11) is 0. The van der Waals surface area contributed by atoms with E-state index in [0.717, 1.165) is 25.7 Å². The van der Waals surface area contributed by atoms with Gasteiger partial charge in [0.25, 0.3) is 5.91 Å². The van der Waals surface area contributed by atoms with Crippen molar-refractivity contribution < 1.29 is 9.21 Å². The van der Waals surface area contributed by atoms with Crippen LogP contribution in [0.4, 0.5) is 0 Å². The number of nitrogens with one attached hydrogen (secondary N) is 1. The highest BCUT2D eigenvalue weighted by molar-refractivity contribution is 7.80. The average Bonchev–Trinajstić information content (AvgIpc) is 2.87. The standard InChI is InChI=1S/C11H15N3O2S/c1-7-8(16-6-13-7)9(15)14-11(10(12)17)4-2-3-5-11/h6H,2-5H2,1H3,(H2,12,17)(H,14,15). The minimum Gasteiger partial charge on any atom is -0.438 e. The third-order valence-electron chi connectivity index (χ3n) is 3.23. The molecule has 0 aromatic carbocycles. The molecule has 92 valence electrons. The van der Waals surface area contributed by atoms with Crippen molar-refractivity contribution in [1.29, 1.82) is 0 Å².